The van der Waals surface area contributed by atoms with Gasteiger partial charge in [0, 0.05) is 48.2 Å². The molecule has 29 heavy (non-hydrogen) atoms. The smallest absolute Gasteiger partial charge is 0.257 e. The summed E-state index contributed by atoms with van der Waals surface area (Å²) >= 11 is 18.2. The molecule has 0 spiro atoms. The Hall–Kier alpha value is -2.47. The lowest BCUT2D eigenvalue weighted by Crippen LogP contribution is -2.18. The molecule has 8 heteroatoms. The van der Waals surface area contributed by atoms with Crippen molar-refractivity contribution in [3.63, 3.8) is 0 Å². The van der Waals surface area contributed by atoms with Crippen molar-refractivity contribution >= 4 is 52.1 Å². The van der Waals surface area contributed by atoms with Crippen molar-refractivity contribution in [1.29, 1.82) is 0 Å². The standard InChI is InChI=1S/C21H18Cl3N3O2/c1-27(2)19-6-4-14(22)9-18(19)26-21(28)16-11-25-8-7-13(16)12-29-20-10-15(23)3-5-17(20)24/h3-11H,12H2,1-2H3,(H,26,28). The van der Waals surface area contributed by atoms with Crippen LogP contribution in [0.4, 0.5) is 11.4 Å². The maximum Gasteiger partial charge on any atom is 0.257 e. The van der Waals surface area contributed by atoms with Gasteiger partial charge < -0.3 is 15.0 Å². The fourth-order valence-corrected chi connectivity index (χ4v) is 3.19. The van der Waals surface area contributed by atoms with Crippen molar-refractivity contribution in [3.8, 4) is 5.75 Å². The molecule has 0 unspecified atom stereocenters. The van der Waals surface area contributed by atoms with Gasteiger partial charge in [0.15, 0.2) is 0 Å². The van der Waals surface area contributed by atoms with E-state index >= 15 is 0 Å². The van der Waals surface area contributed by atoms with Gasteiger partial charge >= 0.3 is 0 Å². The first-order valence-corrected chi connectivity index (χ1v) is 9.77. The summed E-state index contributed by atoms with van der Waals surface area (Å²) in [4.78, 5) is 18.9. The summed E-state index contributed by atoms with van der Waals surface area (Å²) in [6, 6.07) is 12.0. The lowest BCUT2D eigenvalue weighted by Gasteiger charge is -2.19. The van der Waals surface area contributed by atoms with Crippen molar-refractivity contribution in [3.05, 3.63) is 81.1 Å². The van der Waals surface area contributed by atoms with E-state index in [1.165, 1.54) is 6.20 Å². The van der Waals surface area contributed by atoms with Gasteiger partial charge in [0.25, 0.3) is 5.91 Å². The third-order valence-electron chi connectivity index (χ3n) is 4.12. The largest absolute Gasteiger partial charge is 0.487 e. The number of benzene rings is 2. The molecule has 0 aliphatic rings. The number of aromatic nitrogens is 1. The molecule has 0 aliphatic carbocycles. The number of rotatable bonds is 6. The average molecular weight is 451 g/mol. The molecule has 1 amide bonds. The molecule has 0 bridgehead atoms. The summed E-state index contributed by atoms with van der Waals surface area (Å²) in [5.74, 6) is 0.117. The van der Waals surface area contributed by atoms with E-state index in [2.05, 4.69) is 10.3 Å². The van der Waals surface area contributed by atoms with Crippen LogP contribution in [0.15, 0.2) is 54.9 Å². The maximum atomic E-state index is 12.9. The molecular weight excluding hydrogens is 433 g/mol. The second kappa shape index (κ2) is 9.35. The number of carbonyl (C=O) groups excluding carboxylic acids is 1. The number of halogens is 3. The first-order chi connectivity index (χ1) is 13.8. The van der Waals surface area contributed by atoms with Crippen LogP contribution in [-0.4, -0.2) is 25.0 Å². The zero-order chi connectivity index (χ0) is 21.0. The van der Waals surface area contributed by atoms with Gasteiger partial charge in [-0.1, -0.05) is 34.8 Å². The summed E-state index contributed by atoms with van der Waals surface area (Å²) in [5.41, 5.74) is 2.47. The van der Waals surface area contributed by atoms with Gasteiger partial charge in [-0.3, -0.25) is 9.78 Å². The van der Waals surface area contributed by atoms with E-state index in [1.54, 1.807) is 42.6 Å². The highest BCUT2D eigenvalue weighted by Gasteiger charge is 2.16. The number of hydrogen-bond acceptors (Lipinski definition) is 4. The molecular formula is C21H18Cl3N3O2. The molecule has 3 rings (SSSR count). The van der Waals surface area contributed by atoms with Crippen molar-refractivity contribution in [1.82, 2.24) is 4.98 Å². The van der Waals surface area contributed by atoms with Crippen molar-refractivity contribution in [2.24, 2.45) is 0 Å². The van der Waals surface area contributed by atoms with Crippen LogP contribution >= 0.6 is 34.8 Å². The average Bonchev–Trinajstić information content (AvgIpc) is 2.68. The Morgan fingerprint density at radius 1 is 1.07 bits per heavy atom. The molecule has 150 valence electrons. The number of amides is 1. The van der Waals surface area contributed by atoms with E-state index in [-0.39, 0.29) is 12.5 Å². The quantitative estimate of drug-likeness (QED) is 0.505. The summed E-state index contributed by atoms with van der Waals surface area (Å²) in [7, 11) is 3.77. The van der Waals surface area contributed by atoms with E-state index in [0.717, 1.165) is 5.69 Å². The second-order valence-electron chi connectivity index (χ2n) is 6.41. The highest BCUT2D eigenvalue weighted by molar-refractivity contribution is 6.34. The zero-order valence-corrected chi connectivity index (χ0v) is 18.0. The van der Waals surface area contributed by atoms with Crippen LogP contribution in [0.5, 0.6) is 5.75 Å². The van der Waals surface area contributed by atoms with Crippen LogP contribution in [0.25, 0.3) is 0 Å². The number of ether oxygens (including phenoxy) is 1. The molecule has 0 saturated carbocycles. The number of nitrogens with one attached hydrogen (secondary N) is 1. The maximum absolute atomic E-state index is 12.9. The lowest BCUT2D eigenvalue weighted by atomic mass is 10.1. The van der Waals surface area contributed by atoms with Gasteiger partial charge in [-0.25, -0.2) is 0 Å². The molecule has 2 aromatic carbocycles. The molecule has 0 radical (unpaired) electrons. The fraction of sp³-hybridized carbons (Fsp3) is 0.143. The SMILES string of the molecule is CN(C)c1ccc(Cl)cc1NC(=O)c1cnccc1COc1cc(Cl)ccc1Cl. The predicted octanol–water partition coefficient (Wildman–Crippen LogP) is 5.94. The van der Waals surface area contributed by atoms with Crippen LogP contribution < -0.4 is 15.0 Å². The molecule has 0 fully saturated rings. The van der Waals surface area contributed by atoms with E-state index in [0.29, 0.717) is 37.6 Å². The molecule has 5 nitrogen and oxygen atoms in total. The van der Waals surface area contributed by atoms with Crippen LogP contribution in [-0.2, 0) is 6.61 Å². The first kappa shape index (κ1) is 21.2. The van der Waals surface area contributed by atoms with Gasteiger partial charge in [-0.2, -0.15) is 0 Å². The number of nitrogens with zero attached hydrogens (tertiary/aromatic N) is 2. The fourth-order valence-electron chi connectivity index (χ4n) is 2.68. The van der Waals surface area contributed by atoms with Crippen LogP contribution in [0.1, 0.15) is 15.9 Å². The van der Waals surface area contributed by atoms with E-state index in [4.69, 9.17) is 39.5 Å². The van der Waals surface area contributed by atoms with Crippen LogP contribution in [0, 0.1) is 0 Å². The Kier molecular flexibility index (Phi) is 6.85. The molecule has 1 heterocycles. The van der Waals surface area contributed by atoms with Gasteiger partial charge in [0.2, 0.25) is 0 Å². The van der Waals surface area contributed by atoms with E-state index in [9.17, 15) is 4.79 Å². The summed E-state index contributed by atoms with van der Waals surface area (Å²) in [6.07, 6.45) is 3.09. The highest BCUT2D eigenvalue weighted by Crippen LogP contribution is 2.30. The van der Waals surface area contributed by atoms with Crippen LogP contribution in [0.3, 0.4) is 0 Å². The van der Waals surface area contributed by atoms with E-state index in [1.807, 2.05) is 25.1 Å². The Morgan fingerprint density at radius 2 is 1.79 bits per heavy atom. The number of anilines is 2. The van der Waals surface area contributed by atoms with Crippen molar-refractivity contribution < 1.29 is 9.53 Å². The lowest BCUT2D eigenvalue weighted by molar-refractivity contribution is 0.102. The van der Waals surface area contributed by atoms with Gasteiger partial charge in [0.05, 0.1) is 22.0 Å². The highest BCUT2D eigenvalue weighted by atomic mass is 35.5. The van der Waals surface area contributed by atoms with E-state index < -0.39 is 0 Å². The summed E-state index contributed by atoms with van der Waals surface area (Å²) < 4.78 is 5.77. The Balaban J connectivity index is 1.82. The minimum Gasteiger partial charge on any atom is -0.487 e. The van der Waals surface area contributed by atoms with Gasteiger partial charge in [-0.05, 0) is 36.4 Å². The minimum absolute atomic E-state index is 0.126. The summed E-state index contributed by atoms with van der Waals surface area (Å²) in [5, 5.41) is 4.37. The molecule has 3 aromatic rings. The monoisotopic (exact) mass is 449 g/mol. The molecule has 0 atom stereocenters. The number of carbonyl (C=O) groups is 1. The van der Waals surface area contributed by atoms with Crippen molar-refractivity contribution in [2.45, 2.75) is 6.61 Å². The second-order valence-corrected chi connectivity index (χ2v) is 7.69. The van der Waals surface area contributed by atoms with Crippen molar-refractivity contribution in [2.75, 3.05) is 24.3 Å². The molecule has 0 saturated heterocycles. The third kappa shape index (κ3) is 5.32. The van der Waals surface area contributed by atoms with Gasteiger partial charge in [-0.15, -0.1) is 0 Å². The summed E-state index contributed by atoms with van der Waals surface area (Å²) in [6.45, 7) is 0.126. The first-order valence-electron chi connectivity index (χ1n) is 8.64. The Labute approximate surface area is 184 Å². The number of hydrogen-bond donors (Lipinski definition) is 1. The molecule has 1 N–H and O–H groups in total. The Morgan fingerprint density at radius 3 is 2.55 bits per heavy atom. The normalized spacial score (nSPS) is 10.5. The number of pyridine rings is 1. The van der Waals surface area contributed by atoms with Crippen LogP contribution in [0.2, 0.25) is 15.1 Å². The third-order valence-corrected chi connectivity index (χ3v) is 4.90. The predicted molar refractivity (Wildman–Crippen MR) is 119 cm³/mol. The zero-order valence-electron chi connectivity index (χ0n) is 15.7. The molecule has 1 aromatic heterocycles. The van der Waals surface area contributed by atoms with Gasteiger partial charge in [0.1, 0.15) is 12.4 Å². The molecule has 0 aliphatic heterocycles. The topological polar surface area (TPSA) is 54.5 Å². The Bertz CT molecular complexity index is 1040. The minimum atomic E-state index is -0.320.